The van der Waals surface area contributed by atoms with Gasteiger partial charge in [0.25, 0.3) is 0 Å². The first-order chi connectivity index (χ1) is 22.5. The number of hydrogen-bond donors (Lipinski definition) is 3. The van der Waals surface area contributed by atoms with Crippen LogP contribution >= 0.6 is 0 Å². The molecule has 0 unspecified atom stereocenters. The molecule has 0 saturated heterocycles. The van der Waals surface area contributed by atoms with Gasteiger partial charge in [-0.05, 0) is 93.2 Å². The number of carbonyl (C=O) groups excluding carboxylic acids is 3. The van der Waals surface area contributed by atoms with E-state index in [1.165, 1.54) is 6.42 Å². The number of H-pyrrole nitrogens is 1. The number of para-hydroxylation sites is 1. The Kier molecular flexibility index (Phi) is 9.64. The lowest BCUT2D eigenvalue weighted by Gasteiger charge is -2.53. The van der Waals surface area contributed by atoms with E-state index in [0.717, 1.165) is 59.5 Å². The van der Waals surface area contributed by atoms with Crippen LogP contribution in [0.2, 0.25) is 0 Å². The van der Waals surface area contributed by atoms with E-state index in [1.807, 2.05) is 60.8 Å². The van der Waals surface area contributed by atoms with Gasteiger partial charge in [0.15, 0.2) is 9.84 Å². The SMILES string of the molecule is CCOC(=O)CS(=O)(=O)C[C@H](Cc1ccccc1)NC(=O)[C@@](C)(Cc1c[nH]c2ccccc12)NC(=O)OC1C2CC3CC(C2)CC1C3. The average Bonchev–Trinajstić information content (AvgIpc) is 3.41. The van der Waals surface area contributed by atoms with Gasteiger partial charge < -0.3 is 25.1 Å². The molecule has 7 rings (SSSR count). The predicted octanol–water partition coefficient (Wildman–Crippen LogP) is 4.73. The summed E-state index contributed by atoms with van der Waals surface area (Å²) >= 11 is 0. The summed E-state index contributed by atoms with van der Waals surface area (Å²) in [5, 5.41) is 6.78. The Morgan fingerprint density at radius 3 is 2.30 bits per heavy atom. The number of ether oxygens (including phenoxy) is 2. The van der Waals surface area contributed by atoms with Crippen molar-refractivity contribution in [2.24, 2.45) is 23.7 Å². The minimum Gasteiger partial charge on any atom is -0.465 e. The molecular weight excluding hydrogens is 618 g/mol. The van der Waals surface area contributed by atoms with Crippen LogP contribution in [0.3, 0.4) is 0 Å². The molecule has 10 nitrogen and oxygen atoms in total. The molecule has 2 atom stereocenters. The van der Waals surface area contributed by atoms with Crippen LogP contribution in [-0.4, -0.2) is 67.2 Å². The number of rotatable bonds is 13. The lowest BCUT2D eigenvalue weighted by Crippen LogP contribution is -2.61. The molecule has 2 amide bonds. The maximum absolute atomic E-state index is 14.3. The van der Waals surface area contributed by atoms with Gasteiger partial charge >= 0.3 is 12.1 Å². The fraction of sp³-hybridized carbons (Fsp3) is 0.528. The molecule has 3 aromatic rings. The zero-order chi connectivity index (χ0) is 33.2. The Bertz CT molecular complexity index is 1680. The second-order valence-electron chi connectivity index (χ2n) is 14.0. The number of carbonyl (C=O) groups is 3. The van der Waals surface area contributed by atoms with E-state index in [9.17, 15) is 22.8 Å². The largest absolute Gasteiger partial charge is 0.465 e. The van der Waals surface area contributed by atoms with Crippen molar-refractivity contribution in [3.05, 3.63) is 71.9 Å². The first-order valence-corrected chi connectivity index (χ1v) is 18.6. The monoisotopic (exact) mass is 663 g/mol. The molecule has 2 aromatic carbocycles. The number of aromatic amines is 1. The van der Waals surface area contributed by atoms with E-state index in [4.69, 9.17) is 9.47 Å². The second kappa shape index (κ2) is 13.7. The van der Waals surface area contributed by atoms with Crippen molar-refractivity contribution in [1.82, 2.24) is 15.6 Å². The summed E-state index contributed by atoms with van der Waals surface area (Å²) in [4.78, 5) is 43.3. The smallest absolute Gasteiger partial charge is 0.408 e. The quantitative estimate of drug-likeness (QED) is 0.225. The van der Waals surface area contributed by atoms with Gasteiger partial charge in [0, 0.05) is 29.6 Å². The molecular formula is C36H45N3O7S. The summed E-state index contributed by atoms with van der Waals surface area (Å²) in [6, 6.07) is 16.1. The first kappa shape index (κ1) is 33.1. The molecule has 252 valence electrons. The molecule has 0 radical (unpaired) electrons. The van der Waals surface area contributed by atoms with Crippen LogP contribution in [0.15, 0.2) is 60.8 Å². The highest BCUT2D eigenvalue weighted by Gasteiger charge is 2.50. The minimum absolute atomic E-state index is 0.0655. The zero-order valence-corrected chi connectivity index (χ0v) is 27.9. The van der Waals surface area contributed by atoms with Gasteiger partial charge in [-0.1, -0.05) is 48.5 Å². The number of fused-ring (bicyclic) bond motifs is 1. The number of hydrogen-bond acceptors (Lipinski definition) is 7. The lowest BCUT2D eigenvalue weighted by atomic mass is 9.55. The van der Waals surface area contributed by atoms with E-state index >= 15 is 0 Å². The molecule has 0 aliphatic heterocycles. The Labute approximate surface area is 276 Å². The maximum atomic E-state index is 14.3. The van der Waals surface area contributed by atoms with E-state index in [0.29, 0.717) is 11.8 Å². The summed E-state index contributed by atoms with van der Waals surface area (Å²) in [5.41, 5.74) is 1.04. The third-order valence-electron chi connectivity index (χ3n) is 10.2. The van der Waals surface area contributed by atoms with Gasteiger partial charge in [-0.2, -0.15) is 0 Å². The summed E-state index contributed by atoms with van der Waals surface area (Å²) < 4.78 is 37.3. The van der Waals surface area contributed by atoms with Crippen LogP contribution in [0.5, 0.6) is 0 Å². The third kappa shape index (κ3) is 7.83. The second-order valence-corrected chi connectivity index (χ2v) is 16.1. The van der Waals surface area contributed by atoms with E-state index in [1.54, 1.807) is 13.8 Å². The van der Waals surface area contributed by atoms with Crippen LogP contribution in [0.25, 0.3) is 10.9 Å². The van der Waals surface area contributed by atoms with Crippen molar-refractivity contribution in [3.8, 4) is 0 Å². The minimum atomic E-state index is -3.95. The van der Waals surface area contributed by atoms with Crippen molar-refractivity contribution >= 4 is 38.7 Å². The number of esters is 1. The van der Waals surface area contributed by atoms with Gasteiger partial charge in [0.2, 0.25) is 5.91 Å². The lowest BCUT2D eigenvalue weighted by molar-refractivity contribution is -0.140. The average molecular weight is 664 g/mol. The number of nitrogens with one attached hydrogen (secondary N) is 3. The molecule has 4 aliphatic rings. The molecule has 11 heteroatoms. The number of sulfone groups is 1. The Morgan fingerprint density at radius 2 is 1.62 bits per heavy atom. The fourth-order valence-corrected chi connectivity index (χ4v) is 9.80. The topological polar surface area (TPSA) is 144 Å². The van der Waals surface area contributed by atoms with Gasteiger partial charge in [-0.25, -0.2) is 13.2 Å². The van der Waals surface area contributed by atoms with Crippen LogP contribution in [0, 0.1) is 23.7 Å². The molecule has 3 N–H and O–H groups in total. The van der Waals surface area contributed by atoms with Crippen LogP contribution in [-0.2, 0) is 41.7 Å². The van der Waals surface area contributed by atoms with Crippen LogP contribution < -0.4 is 10.6 Å². The van der Waals surface area contributed by atoms with E-state index in [-0.39, 0.29) is 25.6 Å². The van der Waals surface area contributed by atoms with E-state index < -0.39 is 50.9 Å². The zero-order valence-electron chi connectivity index (χ0n) is 27.1. The van der Waals surface area contributed by atoms with Crippen molar-refractivity contribution in [1.29, 1.82) is 0 Å². The van der Waals surface area contributed by atoms with Crippen molar-refractivity contribution in [2.75, 3.05) is 18.1 Å². The van der Waals surface area contributed by atoms with Crippen LogP contribution in [0.4, 0.5) is 4.79 Å². The van der Waals surface area contributed by atoms with Gasteiger partial charge in [0.1, 0.15) is 17.4 Å². The molecule has 0 spiro atoms. The molecule has 4 saturated carbocycles. The molecule has 1 heterocycles. The van der Waals surface area contributed by atoms with E-state index in [2.05, 4.69) is 15.6 Å². The normalized spacial score (nSPS) is 25.1. The third-order valence-corrected chi connectivity index (χ3v) is 11.8. The Morgan fingerprint density at radius 1 is 0.957 bits per heavy atom. The number of aromatic nitrogens is 1. The Hall–Kier alpha value is -3.86. The molecule has 47 heavy (non-hydrogen) atoms. The van der Waals surface area contributed by atoms with Gasteiger partial charge in [-0.15, -0.1) is 0 Å². The number of benzene rings is 2. The first-order valence-electron chi connectivity index (χ1n) is 16.7. The molecule has 1 aromatic heterocycles. The highest BCUT2D eigenvalue weighted by atomic mass is 32.2. The van der Waals surface area contributed by atoms with Crippen molar-refractivity contribution < 1.29 is 32.3 Å². The molecule has 4 aliphatic carbocycles. The Balaban J connectivity index is 1.24. The summed E-state index contributed by atoms with van der Waals surface area (Å²) in [5.74, 6) is -0.498. The number of amides is 2. The maximum Gasteiger partial charge on any atom is 0.408 e. The van der Waals surface area contributed by atoms with Crippen molar-refractivity contribution in [2.45, 2.75) is 76.5 Å². The molecule has 4 fully saturated rings. The van der Waals surface area contributed by atoms with Crippen molar-refractivity contribution in [3.63, 3.8) is 0 Å². The summed E-state index contributed by atoms with van der Waals surface area (Å²) in [6.07, 6.45) is 6.97. The van der Waals surface area contributed by atoms with Crippen LogP contribution in [0.1, 0.15) is 57.1 Å². The standard InChI is InChI=1S/C36H45N3O7S/c1-3-45-32(40)22-47(43,44)21-29(18-23-9-5-4-6-10-23)38-34(41)36(2,19-28-20-37-31-12-8-7-11-30(28)31)39-35(42)46-33-26-14-24-13-25(16-26)17-27(33)15-24/h4-12,20,24-27,29,33,37H,3,13-19,21-22H2,1-2H3,(H,38,41)(H,39,42)/t24?,25?,26?,27?,29-,33?,36+/m0/s1. The summed E-state index contributed by atoms with van der Waals surface area (Å²) in [6.45, 7) is 3.32. The van der Waals surface area contributed by atoms with Gasteiger partial charge in [-0.3, -0.25) is 9.59 Å². The fourth-order valence-electron chi connectivity index (χ4n) is 8.43. The number of alkyl carbamates (subject to hydrolysis) is 1. The summed E-state index contributed by atoms with van der Waals surface area (Å²) in [7, 11) is -3.95. The molecule has 4 bridgehead atoms. The predicted molar refractivity (Wildman–Crippen MR) is 178 cm³/mol. The highest BCUT2D eigenvalue weighted by molar-refractivity contribution is 7.92. The highest BCUT2D eigenvalue weighted by Crippen LogP contribution is 2.54. The van der Waals surface area contributed by atoms with Gasteiger partial charge in [0.05, 0.1) is 12.4 Å².